The average molecular weight is 401 g/mol. The van der Waals surface area contributed by atoms with E-state index in [-0.39, 0.29) is 5.82 Å². The topological polar surface area (TPSA) is 28.1 Å². The Hall–Kier alpha value is -2.94. The molecule has 0 amide bonds. The van der Waals surface area contributed by atoms with Gasteiger partial charge in [0.05, 0.1) is 0 Å². The predicted molar refractivity (Wildman–Crippen MR) is 125 cm³/mol. The molecule has 2 nitrogen and oxygen atoms in total. The Morgan fingerprint density at radius 2 is 1.93 bits per heavy atom. The molecule has 4 rings (SSSR count). The number of aromatic amines is 1. The van der Waals surface area contributed by atoms with Gasteiger partial charge in [-0.1, -0.05) is 48.9 Å². The van der Waals surface area contributed by atoms with Crippen LogP contribution in [0, 0.1) is 5.82 Å². The van der Waals surface area contributed by atoms with Crippen molar-refractivity contribution >= 4 is 16.6 Å². The van der Waals surface area contributed by atoms with E-state index in [1.54, 1.807) is 6.07 Å². The highest BCUT2D eigenvalue weighted by atomic mass is 19.1. The van der Waals surface area contributed by atoms with Crippen LogP contribution in [-0.4, -0.2) is 17.2 Å². The molecule has 154 valence electrons. The summed E-state index contributed by atoms with van der Waals surface area (Å²) in [5.41, 5.74) is 8.36. The van der Waals surface area contributed by atoms with E-state index in [4.69, 9.17) is 4.99 Å². The molecule has 0 saturated carbocycles. The van der Waals surface area contributed by atoms with Crippen molar-refractivity contribution in [3.05, 3.63) is 94.5 Å². The van der Waals surface area contributed by atoms with Gasteiger partial charge in [0, 0.05) is 29.4 Å². The van der Waals surface area contributed by atoms with Gasteiger partial charge in [-0.25, -0.2) is 4.39 Å². The third kappa shape index (κ3) is 4.62. The Labute approximate surface area is 178 Å². The maximum Gasteiger partial charge on any atom is 0.126 e. The van der Waals surface area contributed by atoms with E-state index in [1.165, 1.54) is 39.2 Å². The number of benzene rings is 2. The molecule has 2 aromatic carbocycles. The summed E-state index contributed by atoms with van der Waals surface area (Å²) in [7, 11) is 0. The van der Waals surface area contributed by atoms with E-state index >= 15 is 0 Å². The van der Waals surface area contributed by atoms with Gasteiger partial charge in [0.25, 0.3) is 0 Å². The van der Waals surface area contributed by atoms with Crippen molar-refractivity contribution in [2.24, 2.45) is 4.99 Å². The molecule has 1 aliphatic rings. The summed E-state index contributed by atoms with van der Waals surface area (Å²) >= 11 is 0. The first-order chi connectivity index (χ1) is 14.6. The number of hydrogen-bond donors (Lipinski definition) is 1. The summed E-state index contributed by atoms with van der Waals surface area (Å²) in [6.45, 7) is 5.08. The molecule has 3 aromatic rings. The third-order valence-electron chi connectivity index (χ3n) is 6.03. The van der Waals surface area contributed by atoms with Gasteiger partial charge < -0.3 is 4.98 Å². The van der Waals surface area contributed by atoms with Gasteiger partial charge in [0.2, 0.25) is 0 Å². The number of aliphatic imine (C=N–C) groups is 1. The highest BCUT2D eigenvalue weighted by Crippen LogP contribution is 2.24. The van der Waals surface area contributed by atoms with Crippen molar-refractivity contribution in [2.75, 3.05) is 6.54 Å². The molecule has 1 aromatic heterocycles. The van der Waals surface area contributed by atoms with E-state index in [2.05, 4.69) is 55.4 Å². The number of aryl methyl sites for hydroxylation is 1. The lowest BCUT2D eigenvalue weighted by molar-refractivity contribution is 0.612. The van der Waals surface area contributed by atoms with Crippen LogP contribution in [0.4, 0.5) is 4.39 Å². The zero-order chi connectivity index (χ0) is 20.9. The van der Waals surface area contributed by atoms with Crippen molar-refractivity contribution < 1.29 is 4.39 Å². The Morgan fingerprint density at radius 3 is 2.70 bits per heavy atom. The molecule has 0 unspecified atom stereocenters. The molecule has 0 atom stereocenters. The molecule has 0 spiro atoms. The van der Waals surface area contributed by atoms with Gasteiger partial charge >= 0.3 is 0 Å². The number of H-pyrrole nitrogens is 1. The summed E-state index contributed by atoms with van der Waals surface area (Å²) in [5.74, 6) is -0.116. The summed E-state index contributed by atoms with van der Waals surface area (Å²) in [6.07, 6.45) is 11.1. The maximum absolute atomic E-state index is 13.9. The fourth-order valence-corrected chi connectivity index (χ4v) is 4.10. The summed E-state index contributed by atoms with van der Waals surface area (Å²) in [4.78, 5) is 8.22. The number of fused-ring (bicyclic) bond motifs is 1. The van der Waals surface area contributed by atoms with Crippen molar-refractivity contribution in [3.8, 4) is 0 Å². The molecule has 0 bridgehead atoms. The molecule has 0 radical (unpaired) electrons. The van der Waals surface area contributed by atoms with Crippen LogP contribution in [0.3, 0.4) is 0 Å². The molecular formula is C27H29FN2. The zero-order valence-corrected chi connectivity index (χ0v) is 17.8. The number of aromatic nitrogens is 1. The van der Waals surface area contributed by atoms with Gasteiger partial charge in [-0.15, -0.1) is 0 Å². The van der Waals surface area contributed by atoms with E-state index < -0.39 is 0 Å². The fourth-order valence-electron chi connectivity index (χ4n) is 4.10. The molecule has 3 heteroatoms. The summed E-state index contributed by atoms with van der Waals surface area (Å²) in [6, 6.07) is 13.7. The normalized spacial score (nSPS) is 14.7. The van der Waals surface area contributed by atoms with Gasteiger partial charge in [0.15, 0.2) is 0 Å². The number of nitrogens with zero attached hydrogens (tertiary/aromatic N) is 1. The minimum absolute atomic E-state index is 0.116. The van der Waals surface area contributed by atoms with Crippen LogP contribution in [0.2, 0.25) is 0 Å². The number of halogens is 1. The van der Waals surface area contributed by atoms with E-state index in [9.17, 15) is 4.39 Å². The number of hydrogen-bond acceptors (Lipinski definition) is 1. The van der Waals surface area contributed by atoms with Gasteiger partial charge in [-0.05, 0) is 79.5 Å². The Morgan fingerprint density at radius 1 is 1.07 bits per heavy atom. The SMILES string of the molecule is CCc1ccc2[nH]cc(CCN=C(C)C3=CCC(Cc4ccccc4F)=CC3)c2c1. The van der Waals surface area contributed by atoms with Crippen molar-refractivity contribution in [1.29, 1.82) is 0 Å². The average Bonchev–Trinajstić information content (AvgIpc) is 3.18. The van der Waals surface area contributed by atoms with Crippen LogP contribution < -0.4 is 0 Å². The molecule has 1 aliphatic carbocycles. The van der Waals surface area contributed by atoms with Crippen LogP contribution in [0.1, 0.15) is 43.4 Å². The van der Waals surface area contributed by atoms with E-state index in [1.807, 2.05) is 12.1 Å². The standard InChI is InChI=1S/C27H29FN2/c1-3-20-10-13-27-25(17-20)24(18-30-27)14-15-29-19(2)22-11-8-21(9-12-22)16-23-6-4-5-7-26(23)28/h4-8,10,12-13,17-18,30H,3,9,11,14-16H2,1-2H3. The molecule has 0 aliphatic heterocycles. The van der Waals surface area contributed by atoms with Crippen LogP contribution in [0.15, 0.2) is 77.0 Å². The second-order valence-electron chi connectivity index (χ2n) is 8.03. The molecule has 30 heavy (non-hydrogen) atoms. The number of rotatable bonds is 7. The summed E-state index contributed by atoms with van der Waals surface area (Å²) in [5, 5.41) is 1.32. The smallest absolute Gasteiger partial charge is 0.126 e. The van der Waals surface area contributed by atoms with Gasteiger partial charge in [-0.2, -0.15) is 0 Å². The van der Waals surface area contributed by atoms with Crippen LogP contribution in [0.5, 0.6) is 0 Å². The number of allylic oxidation sites excluding steroid dienone is 4. The molecular weight excluding hydrogens is 371 g/mol. The van der Waals surface area contributed by atoms with Gasteiger partial charge in [-0.3, -0.25) is 4.99 Å². The molecule has 1 heterocycles. The lowest BCUT2D eigenvalue weighted by Gasteiger charge is -2.14. The first-order valence-electron chi connectivity index (χ1n) is 10.8. The largest absolute Gasteiger partial charge is 0.361 e. The lowest BCUT2D eigenvalue weighted by atomic mass is 9.92. The lowest BCUT2D eigenvalue weighted by Crippen LogP contribution is -2.05. The molecule has 0 saturated heterocycles. The maximum atomic E-state index is 13.9. The zero-order valence-electron chi connectivity index (χ0n) is 17.8. The highest BCUT2D eigenvalue weighted by molar-refractivity contribution is 5.98. The first-order valence-corrected chi connectivity index (χ1v) is 10.8. The van der Waals surface area contributed by atoms with E-state index in [0.29, 0.717) is 6.42 Å². The van der Waals surface area contributed by atoms with Crippen molar-refractivity contribution in [2.45, 2.75) is 46.0 Å². The Balaban J connectivity index is 1.35. The van der Waals surface area contributed by atoms with Crippen LogP contribution >= 0.6 is 0 Å². The highest BCUT2D eigenvalue weighted by Gasteiger charge is 2.11. The third-order valence-corrected chi connectivity index (χ3v) is 6.03. The van der Waals surface area contributed by atoms with Gasteiger partial charge in [0.1, 0.15) is 5.82 Å². The number of nitrogens with one attached hydrogen (secondary N) is 1. The van der Waals surface area contributed by atoms with Crippen LogP contribution in [-0.2, 0) is 19.3 Å². The minimum Gasteiger partial charge on any atom is -0.361 e. The minimum atomic E-state index is -0.116. The second-order valence-corrected chi connectivity index (χ2v) is 8.03. The quantitative estimate of drug-likeness (QED) is 0.335. The Kier molecular flexibility index (Phi) is 6.27. The summed E-state index contributed by atoms with van der Waals surface area (Å²) < 4.78 is 13.9. The van der Waals surface area contributed by atoms with Crippen molar-refractivity contribution in [1.82, 2.24) is 4.98 Å². The second kappa shape index (κ2) is 9.25. The molecule has 0 fully saturated rings. The van der Waals surface area contributed by atoms with E-state index in [0.717, 1.165) is 43.5 Å². The van der Waals surface area contributed by atoms with Crippen molar-refractivity contribution in [3.63, 3.8) is 0 Å². The Bertz CT molecular complexity index is 1130. The first kappa shape index (κ1) is 20.3. The monoisotopic (exact) mass is 400 g/mol. The fraction of sp³-hybridized carbons (Fsp3) is 0.296. The predicted octanol–water partition coefficient (Wildman–Crippen LogP) is 6.76. The van der Waals surface area contributed by atoms with Crippen LogP contribution in [0.25, 0.3) is 10.9 Å². The molecule has 1 N–H and O–H groups in total.